The number of likely N-dealkylation sites (tertiary alicyclic amines) is 1. The molecule has 2 aliphatic rings. The molecule has 0 aromatic heterocycles. The van der Waals surface area contributed by atoms with Crippen LogP contribution < -0.4 is 4.90 Å². The topological polar surface area (TPSA) is 60.9 Å². The van der Waals surface area contributed by atoms with Crippen molar-refractivity contribution in [1.29, 1.82) is 0 Å². The molecule has 0 N–H and O–H groups in total. The van der Waals surface area contributed by atoms with Crippen LogP contribution >= 0.6 is 0 Å². The highest BCUT2D eigenvalue weighted by Gasteiger charge is 2.42. The summed E-state index contributed by atoms with van der Waals surface area (Å²) in [7, 11) is 0. The van der Waals surface area contributed by atoms with Crippen LogP contribution in [0.2, 0.25) is 0 Å². The highest BCUT2D eigenvalue weighted by atomic mass is 19.1. The van der Waals surface area contributed by atoms with E-state index in [2.05, 4.69) is 9.80 Å². The monoisotopic (exact) mass is 471 g/mol. The van der Waals surface area contributed by atoms with Crippen molar-refractivity contribution in [2.45, 2.75) is 19.0 Å². The highest BCUT2D eigenvalue weighted by molar-refractivity contribution is 6.09. The number of halogens is 1. The highest BCUT2D eigenvalue weighted by Crippen LogP contribution is 2.24. The third kappa shape index (κ3) is 4.86. The average molecular weight is 472 g/mol. The number of carbonyl (C=O) groups is 3. The Morgan fingerprint density at radius 1 is 0.800 bits per heavy atom. The first-order valence-electron chi connectivity index (χ1n) is 11.8. The zero-order valence-electron chi connectivity index (χ0n) is 19.3. The van der Waals surface area contributed by atoms with E-state index in [0.717, 1.165) is 24.3 Å². The summed E-state index contributed by atoms with van der Waals surface area (Å²) in [6.45, 7) is 3.13. The maximum absolute atomic E-state index is 13.1. The maximum atomic E-state index is 13.1. The summed E-state index contributed by atoms with van der Waals surface area (Å²) in [5.41, 5.74) is 2.94. The molecule has 1 unspecified atom stereocenters. The molecule has 178 valence electrons. The SMILES string of the molecule is O=C(c1ccc(F)cc1)c1ccc(N2CCN(C3CC(=O)N(Cc4ccccc4)C3=O)CC2)cc1. The Hall–Kier alpha value is -3.84. The van der Waals surface area contributed by atoms with Crippen molar-refractivity contribution < 1.29 is 18.8 Å². The number of amides is 2. The Labute approximate surface area is 203 Å². The van der Waals surface area contributed by atoms with Gasteiger partial charge >= 0.3 is 0 Å². The van der Waals surface area contributed by atoms with Crippen LogP contribution in [-0.4, -0.2) is 59.6 Å². The lowest BCUT2D eigenvalue weighted by molar-refractivity contribution is -0.140. The molecule has 0 bridgehead atoms. The van der Waals surface area contributed by atoms with Gasteiger partial charge in [0.1, 0.15) is 5.82 Å². The fourth-order valence-corrected chi connectivity index (χ4v) is 4.77. The first-order valence-corrected chi connectivity index (χ1v) is 11.8. The molecule has 3 aromatic rings. The summed E-state index contributed by atoms with van der Waals surface area (Å²) in [5, 5.41) is 0. The van der Waals surface area contributed by atoms with Crippen molar-refractivity contribution in [1.82, 2.24) is 9.80 Å². The molecule has 2 amide bonds. The Balaban J connectivity index is 1.18. The van der Waals surface area contributed by atoms with Crippen molar-refractivity contribution in [3.8, 4) is 0 Å². The summed E-state index contributed by atoms with van der Waals surface area (Å²) < 4.78 is 13.1. The van der Waals surface area contributed by atoms with Crippen LogP contribution in [0.1, 0.15) is 27.9 Å². The van der Waals surface area contributed by atoms with Crippen molar-refractivity contribution >= 4 is 23.3 Å². The van der Waals surface area contributed by atoms with Crippen LogP contribution in [0.15, 0.2) is 78.9 Å². The second-order valence-electron chi connectivity index (χ2n) is 8.93. The zero-order valence-corrected chi connectivity index (χ0v) is 19.3. The van der Waals surface area contributed by atoms with E-state index in [-0.39, 0.29) is 29.8 Å². The minimum Gasteiger partial charge on any atom is -0.369 e. The standard InChI is InChI=1S/C28H26FN3O3/c29-23-10-6-21(7-11-23)27(34)22-8-12-24(13-9-22)30-14-16-31(17-15-30)25-18-26(33)32(28(25)35)19-20-4-2-1-3-5-20/h1-13,25H,14-19H2. The number of piperazine rings is 1. The maximum Gasteiger partial charge on any atom is 0.247 e. The lowest BCUT2D eigenvalue weighted by Crippen LogP contribution is -2.52. The first kappa shape index (κ1) is 22.9. The number of rotatable bonds is 6. The van der Waals surface area contributed by atoms with Crippen LogP contribution in [0.4, 0.5) is 10.1 Å². The summed E-state index contributed by atoms with van der Waals surface area (Å²) in [5.74, 6) is -0.752. The van der Waals surface area contributed by atoms with E-state index in [0.29, 0.717) is 30.8 Å². The molecule has 0 saturated carbocycles. The van der Waals surface area contributed by atoms with E-state index in [1.54, 1.807) is 12.1 Å². The van der Waals surface area contributed by atoms with Gasteiger partial charge < -0.3 is 4.90 Å². The normalized spacial score (nSPS) is 18.8. The zero-order chi connectivity index (χ0) is 24.4. The second kappa shape index (κ2) is 9.80. The van der Waals surface area contributed by atoms with Crippen molar-refractivity contribution in [3.63, 3.8) is 0 Å². The van der Waals surface area contributed by atoms with Crippen LogP contribution in [0, 0.1) is 5.82 Å². The molecule has 2 saturated heterocycles. The van der Waals surface area contributed by atoms with Gasteiger partial charge in [-0.05, 0) is 54.1 Å². The molecular formula is C28H26FN3O3. The first-order chi connectivity index (χ1) is 17.0. The Bertz CT molecular complexity index is 1220. The Morgan fingerprint density at radius 2 is 1.40 bits per heavy atom. The van der Waals surface area contributed by atoms with E-state index in [1.807, 2.05) is 42.5 Å². The van der Waals surface area contributed by atoms with Crippen LogP contribution in [-0.2, 0) is 16.1 Å². The molecule has 2 fully saturated rings. The second-order valence-corrected chi connectivity index (χ2v) is 8.93. The van der Waals surface area contributed by atoms with Gasteiger partial charge in [0, 0.05) is 43.0 Å². The van der Waals surface area contributed by atoms with Gasteiger partial charge in [-0.15, -0.1) is 0 Å². The van der Waals surface area contributed by atoms with Crippen molar-refractivity contribution in [2.24, 2.45) is 0 Å². The number of carbonyl (C=O) groups excluding carboxylic acids is 3. The third-order valence-electron chi connectivity index (χ3n) is 6.76. The fourth-order valence-electron chi connectivity index (χ4n) is 4.77. The number of ketones is 1. The third-order valence-corrected chi connectivity index (χ3v) is 6.76. The molecular weight excluding hydrogens is 445 g/mol. The van der Waals surface area contributed by atoms with Crippen LogP contribution in [0.3, 0.4) is 0 Å². The molecule has 3 aromatic carbocycles. The summed E-state index contributed by atoms with van der Waals surface area (Å²) in [4.78, 5) is 43.9. The van der Waals surface area contributed by atoms with Gasteiger partial charge in [0.05, 0.1) is 19.0 Å². The van der Waals surface area contributed by atoms with E-state index >= 15 is 0 Å². The van der Waals surface area contributed by atoms with Crippen molar-refractivity contribution in [2.75, 3.05) is 31.1 Å². The molecule has 0 aliphatic carbocycles. The lowest BCUT2D eigenvalue weighted by atomic mass is 10.0. The van der Waals surface area contributed by atoms with E-state index in [9.17, 15) is 18.8 Å². The summed E-state index contributed by atoms with van der Waals surface area (Å²) in [6, 6.07) is 22.1. The number of anilines is 1. The van der Waals surface area contributed by atoms with Gasteiger partial charge in [0.15, 0.2) is 5.78 Å². The van der Waals surface area contributed by atoms with Gasteiger partial charge in [0.2, 0.25) is 11.8 Å². The largest absolute Gasteiger partial charge is 0.369 e. The predicted octanol–water partition coefficient (Wildman–Crippen LogP) is 3.51. The average Bonchev–Trinajstić information content (AvgIpc) is 3.18. The van der Waals surface area contributed by atoms with E-state index in [4.69, 9.17) is 0 Å². The predicted molar refractivity (Wildman–Crippen MR) is 130 cm³/mol. The lowest BCUT2D eigenvalue weighted by Gasteiger charge is -2.38. The minimum absolute atomic E-state index is 0.115. The summed E-state index contributed by atoms with van der Waals surface area (Å²) in [6.07, 6.45) is 0.228. The number of hydrogen-bond donors (Lipinski definition) is 0. The quantitative estimate of drug-likeness (QED) is 0.407. The minimum atomic E-state index is -0.399. The van der Waals surface area contributed by atoms with Gasteiger partial charge in [0.25, 0.3) is 0 Å². The van der Waals surface area contributed by atoms with Crippen LogP contribution in [0.25, 0.3) is 0 Å². The van der Waals surface area contributed by atoms with E-state index in [1.165, 1.54) is 29.2 Å². The summed E-state index contributed by atoms with van der Waals surface area (Å²) >= 11 is 0. The molecule has 1 atom stereocenters. The molecule has 0 radical (unpaired) electrons. The van der Waals surface area contributed by atoms with Gasteiger partial charge in [-0.25, -0.2) is 4.39 Å². The fraction of sp³-hybridized carbons (Fsp3) is 0.250. The molecule has 7 heteroatoms. The number of nitrogens with zero attached hydrogens (tertiary/aromatic N) is 3. The van der Waals surface area contributed by atoms with E-state index < -0.39 is 6.04 Å². The number of benzene rings is 3. The van der Waals surface area contributed by atoms with Gasteiger partial charge in [-0.2, -0.15) is 0 Å². The van der Waals surface area contributed by atoms with Crippen LogP contribution in [0.5, 0.6) is 0 Å². The van der Waals surface area contributed by atoms with Gasteiger partial charge in [-0.1, -0.05) is 30.3 Å². The molecule has 5 rings (SSSR count). The Morgan fingerprint density at radius 3 is 2.03 bits per heavy atom. The molecule has 0 spiro atoms. The smallest absolute Gasteiger partial charge is 0.247 e. The molecule has 2 aliphatic heterocycles. The van der Waals surface area contributed by atoms with Gasteiger partial charge in [-0.3, -0.25) is 24.2 Å². The number of hydrogen-bond acceptors (Lipinski definition) is 5. The molecule has 35 heavy (non-hydrogen) atoms. The Kier molecular flexibility index (Phi) is 6.42. The molecule has 6 nitrogen and oxygen atoms in total. The number of imide groups is 1. The van der Waals surface area contributed by atoms with Crippen molar-refractivity contribution in [3.05, 3.63) is 101 Å². The molecule has 2 heterocycles.